The lowest BCUT2D eigenvalue weighted by atomic mass is 10.7. The predicted molar refractivity (Wildman–Crippen MR) is 48.0 cm³/mol. The molecular formula is C7H13N3O4. The van der Waals surface area contributed by atoms with Crippen LogP contribution in [0, 0.1) is 10.1 Å². The van der Waals surface area contributed by atoms with Crippen molar-refractivity contribution in [1.82, 2.24) is 4.57 Å². The summed E-state index contributed by atoms with van der Waals surface area (Å²) < 4.78 is 3.74. The first kappa shape index (κ1) is 12.5. The molecule has 0 radical (unpaired) electrons. The van der Waals surface area contributed by atoms with Crippen LogP contribution in [0.4, 0.5) is 0 Å². The summed E-state index contributed by atoms with van der Waals surface area (Å²) in [6.07, 6.45) is 5.59. The van der Waals surface area contributed by atoms with Gasteiger partial charge >= 0.3 is 0 Å². The summed E-state index contributed by atoms with van der Waals surface area (Å²) in [4.78, 5) is 8.00. The summed E-state index contributed by atoms with van der Waals surface area (Å²) in [5.41, 5.74) is 0. The largest absolute Gasteiger partial charge is 0.444 e. The van der Waals surface area contributed by atoms with E-state index in [1.807, 2.05) is 27.9 Å². The van der Waals surface area contributed by atoms with E-state index >= 15 is 0 Å². The second-order valence-corrected chi connectivity index (χ2v) is 2.41. The zero-order chi connectivity index (χ0) is 10.8. The van der Waals surface area contributed by atoms with Gasteiger partial charge in [-0.3, -0.25) is 0 Å². The van der Waals surface area contributed by atoms with Crippen molar-refractivity contribution in [2.75, 3.05) is 13.2 Å². The van der Waals surface area contributed by atoms with Crippen LogP contribution in [-0.4, -0.2) is 28.0 Å². The molecule has 0 unspecified atom stereocenters. The third kappa shape index (κ3) is 5.22. The van der Waals surface area contributed by atoms with Gasteiger partial charge in [-0.25, -0.2) is 9.13 Å². The zero-order valence-electron chi connectivity index (χ0n) is 7.61. The molecule has 1 heterocycles. The average molecular weight is 203 g/mol. The molecule has 0 spiro atoms. The van der Waals surface area contributed by atoms with Crippen LogP contribution in [-0.2, 0) is 13.1 Å². The lowest BCUT2D eigenvalue weighted by molar-refractivity contribution is -0.697. The Kier molecular flexibility index (Phi) is 7.29. The minimum Gasteiger partial charge on any atom is -0.444 e. The quantitative estimate of drug-likeness (QED) is 0.372. The molecule has 7 heteroatoms. The van der Waals surface area contributed by atoms with Crippen molar-refractivity contribution in [2.24, 2.45) is 5.34 Å². The van der Waals surface area contributed by atoms with Crippen molar-refractivity contribution in [1.29, 1.82) is 0 Å². The van der Waals surface area contributed by atoms with Gasteiger partial charge in [-0.2, -0.15) is 0 Å². The van der Waals surface area contributed by atoms with E-state index in [1.54, 1.807) is 0 Å². The summed E-state index contributed by atoms with van der Waals surface area (Å²) in [5.74, 6) is 0. The summed E-state index contributed by atoms with van der Waals surface area (Å²) >= 11 is 0. The number of hydrogen-bond donors (Lipinski definition) is 2. The monoisotopic (exact) mass is 203 g/mol. The normalized spacial score (nSPS) is 9.00. The van der Waals surface area contributed by atoms with Crippen molar-refractivity contribution in [3.63, 3.8) is 0 Å². The van der Waals surface area contributed by atoms with Crippen LogP contribution in [0.15, 0.2) is 24.1 Å². The number of aliphatic hydroxyl groups excluding tert-OH is 2. The summed E-state index contributed by atoms with van der Waals surface area (Å²) in [5, 5.41) is 26.2. The molecule has 0 amide bonds. The molecule has 7 nitrogen and oxygen atoms in total. The van der Waals surface area contributed by atoms with E-state index in [9.17, 15) is 0 Å². The molecule has 0 bridgehead atoms. The van der Waals surface area contributed by atoms with Crippen LogP contribution in [0.3, 0.4) is 0 Å². The fraction of sp³-hybridized carbons (Fsp3) is 0.571. The highest BCUT2D eigenvalue weighted by Crippen LogP contribution is 1.82. The molecule has 0 saturated carbocycles. The third-order valence-corrected chi connectivity index (χ3v) is 1.46. The van der Waals surface area contributed by atoms with Crippen molar-refractivity contribution < 1.29 is 14.8 Å². The van der Waals surface area contributed by atoms with Crippen LogP contribution in [0.5, 0.6) is 0 Å². The molecule has 0 aliphatic rings. The van der Waals surface area contributed by atoms with Gasteiger partial charge in [-0.1, -0.05) is 0 Å². The van der Waals surface area contributed by atoms with Gasteiger partial charge in [0, 0.05) is 0 Å². The van der Waals surface area contributed by atoms with Gasteiger partial charge in [0.25, 0.3) is 0 Å². The number of nitrogens with zero attached hydrogens (tertiary/aromatic N) is 3. The highest BCUT2D eigenvalue weighted by atomic mass is 16.6. The van der Waals surface area contributed by atoms with Gasteiger partial charge < -0.3 is 20.3 Å². The van der Waals surface area contributed by atoms with Crippen molar-refractivity contribution in [2.45, 2.75) is 13.1 Å². The molecule has 1 rings (SSSR count). The maximum Gasteiger partial charge on any atom is 0.243 e. The van der Waals surface area contributed by atoms with E-state index in [4.69, 9.17) is 20.3 Å². The Hall–Kier alpha value is -1.47. The minimum absolute atomic E-state index is 0.147. The van der Waals surface area contributed by atoms with E-state index in [0.29, 0.717) is 13.1 Å². The third-order valence-electron chi connectivity index (χ3n) is 1.46. The van der Waals surface area contributed by atoms with Gasteiger partial charge in [-0.05, 0) is 0 Å². The summed E-state index contributed by atoms with van der Waals surface area (Å²) in [6.45, 7) is 1.51. The highest BCUT2D eigenvalue weighted by molar-refractivity contribution is 4.65. The lowest BCUT2D eigenvalue weighted by Gasteiger charge is -1.89. The molecule has 0 aliphatic heterocycles. The molecule has 0 aromatic carbocycles. The Morgan fingerprint density at radius 2 is 2.07 bits per heavy atom. The Balaban J connectivity index is 0.000000500. The Morgan fingerprint density at radius 1 is 1.43 bits per heavy atom. The van der Waals surface area contributed by atoms with Crippen molar-refractivity contribution in [3.05, 3.63) is 28.8 Å². The molecule has 0 fully saturated rings. The van der Waals surface area contributed by atoms with E-state index < -0.39 is 0 Å². The van der Waals surface area contributed by atoms with Crippen LogP contribution < -0.4 is 4.57 Å². The van der Waals surface area contributed by atoms with E-state index in [2.05, 4.69) is 0 Å². The zero-order valence-corrected chi connectivity index (χ0v) is 7.61. The fourth-order valence-corrected chi connectivity index (χ4v) is 0.934. The summed E-state index contributed by atoms with van der Waals surface area (Å²) in [6, 6.07) is 0. The van der Waals surface area contributed by atoms with Crippen molar-refractivity contribution in [3.8, 4) is 0 Å². The molecule has 80 valence electrons. The number of rotatable bonds is 4. The molecule has 1 aromatic heterocycles. The van der Waals surface area contributed by atoms with E-state index in [0.717, 1.165) is 5.34 Å². The average Bonchev–Trinajstić information content (AvgIpc) is 2.55. The number of aliphatic hydroxyl groups is 2. The standard InChI is InChI=1S/C7H13N2O2.HNO2/c10-5-3-8-1-2-9(7-8)4-6-11;2-1-3/h1-2,7,10-11H,3-6H2;(H,2,3)/q+1;/p-1. The number of hydrogen-bond acceptors (Lipinski definition) is 5. The summed E-state index contributed by atoms with van der Waals surface area (Å²) in [7, 11) is 0. The Morgan fingerprint density at radius 3 is 2.57 bits per heavy atom. The van der Waals surface area contributed by atoms with Crippen LogP contribution in [0.2, 0.25) is 0 Å². The van der Waals surface area contributed by atoms with Gasteiger partial charge in [0.05, 0.1) is 13.2 Å². The first-order chi connectivity index (χ1) is 6.78. The maximum absolute atomic E-state index is 8.58. The lowest BCUT2D eigenvalue weighted by Crippen LogP contribution is -2.32. The smallest absolute Gasteiger partial charge is 0.243 e. The number of aromatic nitrogens is 2. The minimum atomic E-state index is 0.147. The molecule has 0 atom stereocenters. The van der Waals surface area contributed by atoms with Crippen molar-refractivity contribution >= 4 is 0 Å². The topological polar surface area (TPSA) is 102 Å². The maximum atomic E-state index is 8.58. The Labute approximate surface area is 80.8 Å². The second-order valence-electron chi connectivity index (χ2n) is 2.41. The number of imidazole rings is 1. The SMILES string of the molecule is O=N[O-].OCCn1cc[n+](CCO)c1. The molecule has 1 aromatic rings. The Bertz CT molecular complexity index is 230. The van der Waals surface area contributed by atoms with Crippen LogP contribution in [0.25, 0.3) is 0 Å². The van der Waals surface area contributed by atoms with Gasteiger partial charge in [0.1, 0.15) is 25.5 Å². The van der Waals surface area contributed by atoms with Gasteiger partial charge in [0.15, 0.2) is 0 Å². The van der Waals surface area contributed by atoms with Crippen LogP contribution in [0.1, 0.15) is 0 Å². The fourth-order valence-electron chi connectivity index (χ4n) is 0.934. The molecule has 2 N–H and O–H groups in total. The van der Waals surface area contributed by atoms with E-state index in [-0.39, 0.29) is 13.2 Å². The molecule has 14 heavy (non-hydrogen) atoms. The molecular weight excluding hydrogens is 190 g/mol. The highest BCUT2D eigenvalue weighted by Gasteiger charge is 2.00. The van der Waals surface area contributed by atoms with Gasteiger partial charge in [0.2, 0.25) is 6.33 Å². The van der Waals surface area contributed by atoms with Crippen LogP contribution >= 0.6 is 0 Å². The molecule has 0 saturated heterocycles. The van der Waals surface area contributed by atoms with Gasteiger partial charge in [-0.15, -0.1) is 5.34 Å². The van der Waals surface area contributed by atoms with E-state index in [1.165, 1.54) is 0 Å². The predicted octanol–water partition coefficient (Wildman–Crippen LogP) is -0.989. The molecule has 0 aliphatic carbocycles. The second kappa shape index (κ2) is 8.14. The first-order valence-electron chi connectivity index (χ1n) is 4.00. The first-order valence-corrected chi connectivity index (χ1v) is 4.00.